The maximum atomic E-state index is 5.95. The van der Waals surface area contributed by atoms with Crippen LogP contribution < -0.4 is 5.73 Å². The quantitative estimate of drug-likeness (QED) is 0.905. The third kappa shape index (κ3) is 2.26. The molecule has 2 aromatic rings. The Morgan fingerprint density at radius 1 is 1.33 bits per heavy atom. The van der Waals surface area contributed by atoms with Crippen molar-refractivity contribution in [3.05, 3.63) is 35.2 Å². The van der Waals surface area contributed by atoms with Crippen LogP contribution in [0.4, 0.5) is 0 Å². The van der Waals surface area contributed by atoms with Gasteiger partial charge in [-0.2, -0.15) is 4.98 Å². The molecule has 1 fully saturated rings. The fourth-order valence-corrected chi connectivity index (χ4v) is 2.58. The van der Waals surface area contributed by atoms with Gasteiger partial charge in [-0.25, -0.2) is 0 Å². The normalized spacial score (nSPS) is 23.4. The Bertz CT molecular complexity index is 555. The molecule has 4 nitrogen and oxygen atoms in total. The Hall–Kier alpha value is -1.39. The minimum atomic E-state index is 0.261. The molecule has 0 aliphatic heterocycles. The van der Waals surface area contributed by atoms with Gasteiger partial charge in [-0.15, -0.1) is 0 Å². The fraction of sp³-hybridized carbons (Fsp3) is 0.385. The first kappa shape index (κ1) is 11.7. The topological polar surface area (TPSA) is 64.9 Å². The number of hydrogen-bond donors (Lipinski definition) is 1. The van der Waals surface area contributed by atoms with E-state index in [4.69, 9.17) is 21.9 Å². The molecule has 1 aliphatic carbocycles. The fourth-order valence-electron chi connectivity index (χ4n) is 2.39. The maximum Gasteiger partial charge on any atom is 0.230 e. The third-order valence-corrected chi connectivity index (χ3v) is 3.58. The molecule has 18 heavy (non-hydrogen) atoms. The molecule has 1 heterocycles. The number of aromatic nitrogens is 2. The Labute approximate surface area is 110 Å². The number of rotatable bonds is 2. The van der Waals surface area contributed by atoms with Gasteiger partial charge in [-0.1, -0.05) is 28.9 Å². The summed E-state index contributed by atoms with van der Waals surface area (Å²) in [6.45, 7) is 0. The van der Waals surface area contributed by atoms with Crippen LogP contribution in [0.15, 0.2) is 28.8 Å². The highest BCUT2D eigenvalue weighted by Crippen LogP contribution is 2.33. The van der Waals surface area contributed by atoms with Crippen molar-refractivity contribution in [2.45, 2.75) is 31.2 Å². The van der Waals surface area contributed by atoms with E-state index in [0.717, 1.165) is 24.8 Å². The van der Waals surface area contributed by atoms with Crippen molar-refractivity contribution in [2.24, 2.45) is 5.73 Å². The smallest absolute Gasteiger partial charge is 0.230 e. The van der Waals surface area contributed by atoms with Crippen LogP contribution in [0.25, 0.3) is 11.4 Å². The van der Waals surface area contributed by atoms with E-state index in [0.29, 0.717) is 22.7 Å². The van der Waals surface area contributed by atoms with Crippen molar-refractivity contribution in [3.8, 4) is 11.4 Å². The maximum absolute atomic E-state index is 5.95. The van der Waals surface area contributed by atoms with E-state index in [1.807, 2.05) is 24.3 Å². The number of halogens is 1. The number of hydrogen-bond acceptors (Lipinski definition) is 4. The highest BCUT2D eigenvalue weighted by Gasteiger charge is 2.27. The van der Waals surface area contributed by atoms with Crippen LogP contribution in [0.1, 0.15) is 31.1 Å². The molecule has 94 valence electrons. The molecule has 0 spiro atoms. The van der Waals surface area contributed by atoms with Gasteiger partial charge in [-0.3, -0.25) is 0 Å². The summed E-state index contributed by atoms with van der Waals surface area (Å²) in [6.07, 6.45) is 2.98. The summed E-state index contributed by atoms with van der Waals surface area (Å²) < 4.78 is 5.33. The second kappa shape index (κ2) is 4.71. The van der Waals surface area contributed by atoms with E-state index < -0.39 is 0 Å². The van der Waals surface area contributed by atoms with Crippen molar-refractivity contribution in [1.82, 2.24) is 10.1 Å². The number of nitrogens with two attached hydrogens (primary N) is 1. The van der Waals surface area contributed by atoms with Crippen LogP contribution in [-0.4, -0.2) is 16.2 Å². The predicted molar refractivity (Wildman–Crippen MR) is 69.3 cm³/mol. The van der Waals surface area contributed by atoms with Gasteiger partial charge in [0.15, 0.2) is 0 Å². The standard InChI is InChI=1S/C13H14ClN3O/c14-10-3-1-2-8(6-10)12-16-13(18-17-12)9-4-5-11(15)7-9/h1-3,6,9,11H,4-5,7,15H2/t9-,11+/m1/s1. The van der Waals surface area contributed by atoms with Crippen LogP contribution in [0.5, 0.6) is 0 Å². The van der Waals surface area contributed by atoms with Crippen LogP contribution in [0, 0.1) is 0 Å². The second-order valence-corrected chi connectivity index (χ2v) is 5.17. The Kier molecular flexibility index (Phi) is 3.06. The molecule has 1 aromatic heterocycles. The lowest BCUT2D eigenvalue weighted by atomic mass is 10.1. The minimum absolute atomic E-state index is 0.261. The number of benzene rings is 1. The lowest BCUT2D eigenvalue weighted by Crippen LogP contribution is -2.14. The number of nitrogens with zero attached hydrogens (tertiary/aromatic N) is 2. The molecule has 2 N–H and O–H groups in total. The molecule has 3 rings (SSSR count). The molecule has 5 heteroatoms. The van der Waals surface area contributed by atoms with Gasteiger partial charge in [0.1, 0.15) is 0 Å². The zero-order valence-corrected chi connectivity index (χ0v) is 10.6. The van der Waals surface area contributed by atoms with Crippen LogP contribution in [0.3, 0.4) is 0 Å². The highest BCUT2D eigenvalue weighted by atomic mass is 35.5. The van der Waals surface area contributed by atoms with Gasteiger partial charge in [0, 0.05) is 22.5 Å². The molecule has 0 radical (unpaired) electrons. The largest absolute Gasteiger partial charge is 0.339 e. The van der Waals surface area contributed by atoms with Crippen LogP contribution >= 0.6 is 11.6 Å². The van der Waals surface area contributed by atoms with E-state index in [9.17, 15) is 0 Å². The van der Waals surface area contributed by atoms with E-state index in [-0.39, 0.29) is 6.04 Å². The van der Waals surface area contributed by atoms with E-state index in [1.165, 1.54) is 0 Å². The summed E-state index contributed by atoms with van der Waals surface area (Å²) >= 11 is 5.95. The molecular weight excluding hydrogens is 250 g/mol. The third-order valence-electron chi connectivity index (χ3n) is 3.35. The second-order valence-electron chi connectivity index (χ2n) is 4.74. The zero-order valence-electron chi connectivity index (χ0n) is 9.84. The van der Waals surface area contributed by atoms with Crippen LogP contribution in [0.2, 0.25) is 5.02 Å². The van der Waals surface area contributed by atoms with Crippen LogP contribution in [-0.2, 0) is 0 Å². The van der Waals surface area contributed by atoms with Gasteiger partial charge < -0.3 is 10.3 Å². The molecular formula is C13H14ClN3O. The summed E-state index contributed by atoms with van der Waals surface area (Å²) in [6, 6.07) is 7.70. The average molecular weight is 264 g/mol. The summed E-state index contributed by atoms with van der Waals surface area (Å²) in [5, 5.41) is 4.68. The SMILES string of the molecule is N[C@H]1CC[C@@H](c2nc(-c3cccc(Cl)c3)no2)C1. The Morgan fingerprint density at radius 3 is 2.94 bits per heavy atom. The van der Waals surface area contributed by atoms with E-state index in [2.05, 4.69) is 10.1 Å². The highest BCUT2D eigenvalue weighted by molar-refractivity contribution is 6.30. The minimum Gasteiger partial charge on any atom is -0.339 e. The lowest BCUT2D eigenvalue weighted by molar-refractivity contribution is 0.353. The molecule has 1 saturated carbocycles. The Morgan fingerprint density at radius 2 is 2.22 bits per heavy atom. The van der Waals surface area contributed by atoms with E-state index >= 15 is 0 Å². The van der Waals surface area contributed by atoms with Gasteiger partial charge in [0.05, 0.1) is 0 Å². The van der Waals surface area contributed by atoms with Gasteiger partial charge in [-0.05, 0) is 31.4 Å². The van der Waals surface area contributed by atoms with Crippen molar-refractivity contribution in [3.63, 3.8) is 0 Å². The Balaban J connectivity index is 1.85. The predicted octanol–water partition coefficient (Wildman–Crippen LogP) is 2.98. The van der Waals surface area contributed by atoms with Gasteiger partial charge in [0.2, 0.25) is 11.7 Å². The monoisotopic (exact) mass is 263 g/mol. The first-order valence-corrected chi connectivity index (χ1v) is 6.45. The van der Waals surface area contributed by atoms with E-state index in [1.54, 1.807) is 0 Å². The van der Waals surface area contributed by atoms with Crippen molar-refractivity contribution >= 4 is 11.6 Å². The molecule has 2 atom stereocenters. The summed E-state index contributed by atoms with van der Waals surface area (Å²) in [4.78, 5) is 4.45. The average Bonchev–Trinajstić information content (AvgIpc) is 2.97. The lowest BCUT2D eigenvalue weighted by Gasteiger charge is -2.01. The molecule has 1 aliphatic rings. The first-order chi connectivity index (χ1) is 8.72. The first-order valence-electron chi connectivity index (χ1n) is 6.07. The van der Waals surface area contributed by atoms with Gasteiger partial charge in [0.25, 0.3) is 0 Å². The van der Waals surface area contributed by atoms with Crippen molar-refractivity contribution in [2.75, 3.05) is 0 Å². The summed E-state index contributed by atoms with van der Waals surface area (Å²) in [7, 11) is 0. The summed E-state index contributed by atoms with van der Waals surface area (Å²) in [5.74, 6) is 1.59. The van der Waals surface area contributed by atoms with Crippen molar-refractivity contribution in [1.29, 1.82) is 0 Å². The molecule has 0 bridgehead atoms. The molecule has 0 unspecified atom stereocenters. The molecule has 0 amide bonds. The van der Waals surface area contributed by atoms with Gasteiger partial charge >= 0.3 is 0 Å². The summed E-state index contributed by atoms with van der Waals surface area (Å²) in [5.41, 5.74) is 6.77. The van der Waals surface area contributed by atoms with Crippen molar-refractivity contribution < 1.29 is 4.52 Å². The zero-order chi connectivity index (χ0) is 12.5. The molecule has 1 aromatic carbocycles. The molecule has 0 saturated heterocycles.